The van der Waals surface area contributed by atoms with E-state index in [1.54, 1.807) is 0 Å². The summed E-state index contributed by atoms with van der Waals surface area (Å²) in [7, 11) is 0. The molecular formula is C28H38O19. The Bertz CT molecular complexity index is 1200. The molecule has 2 heterocycles. The van der Waals surface area contributed by atoms with E-state index in [0.29, 0.717) is 0 Å². The first-order valence-corrected chi connectivity index (χ1v) is 14.2. The van der Waals surface area contributed by atoms with Gasteiger partial charge in [-0.1, -0.05) is 0 Å². The van der Waals surface area contributed by atoms with Crippen LogP contribution in [0.1, 0.15) is 55.4 Å². The third-order valence-electron chi connectivity index (χ3n) is 6.17. The summed E-state index contributed by atoms with van der Waals surface area (Å²) in [6, 6.07) is 0. The van der Waals surface area contributed by atoms with Crippen LogP contribution in [0.3, 0.4) is 0 Å². The fourth-order valence-corrected chi connectivity index (χ4v) is 4.73. The van der Waals surface area contributed by atoms with Gasteiger partial charge in [0, 0.05) is 55.4 Å². The highest BCUT2D eigenvalue weighted by Crippen LogP contribution is 2.35. The van der Waals surface area contributed by atoms with E-state index < -0.39 is 122 Å². The maximum Gasteiger partial charge on any atom is 0.305 e. The minimum absolute atomic E-state index is 0.590. The van der Waals surface area contributed by atoms with Crippen LogP contribution in [-0.2, 0) is 90.5 Å². The van der Waals surface area contributed by atoms with Crippen LogP contribution in [0.25, 0.3) is 0 Å². The smallest absolute Gasteiger partial charge is 0.305 e. The lowest BCUT2D eigenvalue weighted by Gasteiger charge is -2.48. The molecular weight excluding hydrogens is 640 g/mol. The van der Waals surface area contributed by atoms with Gasteiger partial charge in [-0.3, -0.25) is 38.4 Å². The van der Waals surface area contributed by atoms with E-state index in [1.807, 2.05) is 0 Å². The van der Waals surface area contributed by atoms with E-state index in [0.717, 1.165) is 55.4 Å². The number of carbonyl (C=O) groups excluding carboxylic acids is 8. The summed E-state index contributed by atoms with van der Waals surface area (Å²) < 4.78 is 60.2. The summed E-state index contributed by atoms with van der Waals surface area (Å²) in [6.45, 7) is 7.05. The lowest BCUT2D eigenvalue weighted by atomic mass is 9.96. The molecule has 0 spiro atoms. The van der Waals surface area contributed by atoms with E-state index in [1.165, 1.54) is 0 Å². The molecule has 2 aliphatic heterocycles. The second-order valence-corrected chi connectivity index (χ2v) is 10.3. The van der Waals surface area contributed by atoms with E-state index >= 15 is 0 Å². The molecule has 2 aliphatic rings. The van der Waals surface area contributed by atoms with Gasteiger partial charge >= 0.3 is 47.8 Å². The van der Waals surface area contributed by atoms with Gasteiger partial charge in [-0.05, 0) is 0 Å². The summed E-state index contributed by atoms with van der Waals surface area (Å²) in [5.41, 5.74) is 0. The zero-order valence-corrected chi connectivity index (χ0v) is 26.9. The number of hydrogen-bond acceptors (Lipinski definition) is 19. The van der Waals surface area contributed by atoms with Crippen LogP contribution in [0.4, 0.5) is 0 Å². The monoisotopic (exact) mass is 678 g/mol. The Morgan fingerprint density at radius 1 is 0.383 bits per heavy atom. The topological polar surface area (TPSA) is 238 Å². The van der Waals surface area contributed by atoms with Crippen LogP contribution >= 0.6 is 0 Å². The van der Waals surface area contributed by atoms with Crippen molar-refractivity contribution in [3.63, 3.8) is 0 Å². The molecule has 0 N–H and O–H groups in total. The second-order valence-electron chi connectivity index (χ2n) is 10.3. The normalized spacial score (nSPS) is 30.0. The number of carbonyl (C=O) groups is 8. The highest BCUT2D eigenvalue weighted by Gasteiger charge is 2.58. The predicted octanol–water partition coefficient (Wildman–Crippen LogP) is -0.831. The molecule has 0 saturated carbocycles. The minimum Gasteiger partial charge on any atom is -0.463 e. The minimum atomic E-state index is -1.83. The Hall–Kier alpha value is -4.36. The van der Waals surface area contributed by atoms with Gasteiger partial charge in [0.25, 0.3) is 0 Å². The predicted molar refractivity (Wildman–Crippen MR) is 145 cm³/mol. The van der Waals surface area contributed by atoms with Gasteiger partial charge in [-0.25, -0.2) is 0 Å². The van der Waals surface area contributed by atoms with Gasteiger partial charge in [0.15, 0.2) is 30.7 Å². The number of rotatable bonds is 12. The molecule has 264 valence electrons. The maximum atomic E-state index is 12.3. The van der Waals surface area contributed by atoms with Crippen molar-refractivity contribution >= 4 is 47.8 Å². The molecule has 0 aromatic carbocycles. The van der Waals surface area contributed by atoms with Crippen LogP contribution in [-0.4, -0.2) is 122 Å². The molecule has 47 heavy (non-hydrogen) atoms. The van der Waals surface area contributed by atoms with E-state index in [-0.39, 0.29) is 0 Å². The third-order valence-corrected chi connectivity index (χ3v) is 6.17. The first kappa shape index (κ1) is 38.8. The van der Waals surface area contributed by atoms with Crippen LogP contribution in [0.15, 0.2) is 0 Å². The maximum absolute atomic E-state index is 12.3. The Balaban J connectivity index is 2.73. The molecule has 0 unspecified atom stereocenters. The number of esters is 8. The van der Waals surface area contributed by atoms with Gasteiger partial charge in [0.05, 0.1) is 0 Å². The largest absolute Gasteiger partial charge is 0.463 e. The first-order valence-electron chi connectivity index (χ1n) is 14.2. The molecule has 19 nitrogen and oxygen atoms in total. The summed E-state index contributed by atoms with van der Waals surface area (Å²) in [5, 5.41) is 0. The third kappa shape index (κ3) is 12.1. The quantitative estimate of drug-likeness (QED) is 0.181. The molecule has 0 aromatic rings. The first-order chi connectivity index (χ1) is 21.9. The van der Waals surface area contributed by atoms with E-state index in [9.17, 15) is 38.4 Å². The molecule has 0 radical (unpaired) electrons. The van der Waals surface area contributed by atoms with Gasteiger partial charge in [-0.2, -0.15) is 0 Å². The highest BCUT2D eigenvalue weighted by molar-refractivity contribution is 5.70. The summed E-state index contributed by atoms with van der Waals surface area (Å²) in [6.07, 6.45) is -16.3. The fraction of sp³-hybridized carbons (Fsp3) is 0.714. The number of ether oxygens (including phenoxy) is 11. The highest BCUT2D eigenvalue weighted by atomic mass is 16.8. The van der Waals surface area contributed by atoms with Crippen molar-refractivity contribution in [2.24, 2.45) is 0 Å². The zero-order valence-electron chi connectivity index (χ0n) is 26.9. The summed E-state index contributed by atoms with van der Waals surface area (Å²) in [5.74, 6) is -7.02. The van der Waals surface area contributed by atoms with Crippen molar-refractivity contribution in [1.29, 1.82) is 0 Å². The van der Waals surface area contributed by atoms with Gasteiger partial charge in [-0.15, -0.1) is 0 Å². The van der Waals surface area contributed by atoms with Crippen LogP contribution < -0.4 is 0 Å². The van der Waals surface area contributed by atoms with Crippen molar-refractivity contribution < 1.29 is 90.5 Å². The lowest BCUT2D eigenvalue weighted by Crippen LogP contribution is -2.67. The van der Waals surface area contributed by atoms with Crippen molar-refractivity contribution in [3.8, 4) is 0 Å². The molecule has 10 atom stereocenters. The average molecular weight is 679 g/mol. The average Bonchev–Trinajstić information content (AvgIpc) is 2.91. The summed E-state index contributed by atoms with van der Waals surface area (Å²) >= 11 is 0. The summed E-state index contributed by atoms with van der Waals surface area (Å²) in [4.78, 5) is 96.3. The molecule has 2 rings (SSSR count). The van der Waals surface area contributed by atoms with Crippen molar-refractivity contribution in [3.05, 3.63) is 0 Å². The molecule has 2 fully saturated rings. The SMILES string of the molecule is CC(=O)OC[C@@H]1O[C@H](O[C@H]2[C@@H](OC(C)=O)[C@@H](OC(C)=O)[C@H](OC(C)=O)O[C@H]2COC(C)=O)[C@H](OC(C)=O)[C@H](OC(C)=O)[C@@H]1OC(C)=O. The van der Waals surface area contributed by atoms with Gasteiger partial charge in [0.2, 0.25) is 12.4 Å². The molecule has 0 aromatic heterocycles. The van der Waals surface area contributed by atoms with Crippen molar-refractivity contribution in [2.45, 2.75) is 117 Å². The zero-order chi connectivity index (χ0) is 35.6. The van der Waals surface area contributed by atoms with Gasteiger partial charge in [0.1, 0.15) is 31.5 Å². The van der Waals surface area contributed by atoms with Crippen LogP contribution in [0, 0.1) is 0 Å². The Morgan fingerprint density at radius 2 is 0.702 bits per heavy atom. The molecule has 0 bridgehead atoms. The second kappa shape index (κ2) is 17.5. The number of hydrogen-bond donors (Lipinski definition) is 0. The standard InChI is InChI=1S/C28H38O19/c1-11(29)37-9-19-21(39-13(3)31)23(40-14(4)32)26(43-17(7)35)28(46-19)47-22-20(10-38-12(2)30)45-27(44-18(8)36)25(42-16(6)34)24(22)41-15(5)33/h19-28H,9-10H2,1-8H3/t19-,20-,21+,22+,23+,24+,25+,26+,27+,28+/m0/s1. The fourth-order valence-electron chi connectivity index (χ4n) is 4.73. The van der Waals surface area contributed by atoms with Crippen molar-refractivity contribution in [1.82, 2.24) is 0 Å². The van der Waals surface area contributed by atoms with Gasteiger partial charge < -0.3 is 52.1 Å². The van der Waals surface area contributed by atoms with Crippen molar-refractivity contribution in [2.75, 3.05) is 13.2 Å². The molecule has 2 saturated heterocycles. The van der Waals surface area contributed by atoms with Crippen LogP contribution in [0.2, 0.25) is 0 Å². The Labute approximate surface area is 268 Å². The molecule has 0 amide bonds. The van der Waals surface area contributed by atoms with Crippen LogP contribution in [0.5, 0.6) is 0 Å². The molecule has 0 aliphatic carbocycles. The van der Waals surface area contributed by atoms with E-state index in [2.05, 4.69) is 0 Å². The van der Waals surface area contributed by atoms with E-state index in [4.69, 9.17) is 52.1 Å². The molecule has 19 heteroatoms. The lowest BCUT2D eigenvalue weighted by molar-refractivity contribution is -0.357. The Kier molecular flexibility index (Phi) is 14.5. The Morgan fingerprint density at radius 3 is 1.11 bits per heavy atom.